The lowest BCUT2D eigenvalue weighted by Gasteiger charge is -2.45. The van der Waals surface area contributed by atoms with Crippen LogP contribution in [0.5, 0.6) is 0 Å². The summed E-state index contributed by atoms with van der Waals surface area (Å²) in [5.41, 5.74) is 5.91. The highest BCUT2D eigenvalue weighted by Gasteiger charge is 2.51. The van der Waals surface area contributed by atoms with Gasteiger partial charge in [-0.2, -0.15) is 0 Å². The summed E-state index contributed by atoms with van der Waals surface area (Å²) in [6.45, 7) is 8.39. The topological polar surface area (TPSA) is 231 Å². The fourth-order valence-corrected chi connectivity index (χ4v) is 5.89. The number of ether oxygens (including phenoxy) is 5. The van der Waals surface area contributed by atoms with Crippen molar-refractivity contribution in [2.24, 2.45) is 11.7 Å². The molecular formula is C34H51NO13. The molecule has 8 N–H and O–H groups in total. The Morgan fingerprint density at radius 3 is 2.33 bits per heavy atom. The Balaban J connectivity index is 1.74. The van der Waals surface area contributed by atoms with E-state index in [1.54, 1.807) is 62.5 Å². The zero-order valence-corrected chi connectivity index (χ0v) is 27.6. The summed E-state index contributed by atoms with van der Waals surface area (Å²) in [4.78, 5) is 23.3. The molecule has 3 aliphatic heterocycles. The van der Waals surface area contributed by atoms with Crippen LogP contribution in [0.2, 0.25) is 0 Å². The minimum Gasteiger partial charge on any atom is -0.481 e. The van der Waals surface area contributed by atoms with Crippen molar-refractivity contribution in [1.82, 2.24) is 0 Å². The van der Waals surface area contributed by atoms with E-state index in [0.717, 1.165) is 0 Å². The highest BCUT2D eigenvalue weighted by molar-refractivity contribution is 5.71. The number of nitrogens with two attached hydrogens (primary N) is 1. The maximum atomic E-state index is 12.3. The average Bonchev–Trinajstić information content (AvgIpc) is 3.74. The van der Waals surface area contributed by atoms with Crippen LogP contribution in [0.25, 0.3) is 0 Å². The number of aliphatic hydroxyl groups is 5. The molecule has 0 radical (unpaired) electrons. The highest BCUT2D eigenvalue weighted by Crippen LogP contribution is 2.39. The van der Waals surface area contributed by atoms with Crippen LogP contribution in [-0.2, 0) is 33.3 Å². The molecule has 0 spiro atoms. The number of epoxide rings is 1. The fraction of sp³-hybridized carbons (Fsp3) is 0.647. The van der Waals surface area contributed by atoms with Crippen LogP contribution < -0.4 is 5.73 Å². The molecule has 14 heteroatoms. The van der Waals surface area contributed by atoms with E-state index in [4.69, 9.17) is 29.4 Å². The summed E-state index contributed by atoms with van der Waals surface area (Å²) in [6.07, 6.45) is 4.56. The van der Waals surface area contributed by atoms with E-state index >= 15 is 0 Å². The maximum absolute atomic E-state index is 12.3. The van der Waals surface area contributed by atoms with E-state index < -0.39 is 79.2 Å². The van der Waals surface area contributed by atoms with Gasteiger partial charge in [-0.25, -0.2) is 0 Å². The van der Waals surface area contributed by atoms with E-state index in [9.17, 15) is 40.2 Å². The molecule has 3 saturated heterocycles. The van der Waals surface area contributed by atoms with Gasteiger partial charge in [0.05, 0.1) is 42.7 Å². The Kier molecular flexibility index (Phi) is 15.1. The Morgan fingerprint density at radius 1 is 1.04 bits per heavy atom. The molecule has 3 rings (SSSR count). The summed E-state index contributed by atoms with van der Waals surface area (Å²) in [6, 6.07) is -0.875. The molecule has 0 bridgehead atoms. The molecule has 0 aromatic rings. The Hall–Kier alpha value is -2.76. The molecular weight excluding hydrogens is 630 g/mol. The minimum atomic E-state index is -2.06. The van der Waals surface area contributed by atoms with E-state index in [1.165, 1.54) is 6.92 Å². The molecule has 3 heterocycles. The number of aliphatic carboxylic acids is 1. The van der Waals surface area contributed by atoms with Crippen molar-refractivity contribution in [3.63, 3.8) is 0 Å². The molecule has 2 unspecified atom stereocenters. The summed E-state index contributed by atoms with van der Waals surface area (Å²) < 4.78 is 28.1. The number of aliphatic hydroxyl groups excluding tert-OH is 4. The number of carboxylic acids is 1. The Labute approximate surface area is 280 Å². The number of hydrogen-bond acceptors (Lipinski definition) is 13. The zero-order chi connectivity index (χ0) is 35.6. The second-order valence-corrected chi connectivity index (χ2v) is 12.6. The van der Waals surface area contributed by atoms with E-state index in [1.807, 2.05) is 6.08 Å². The normalized spacial score (nSPS) is 37.6. The van der Waals surface area contributed by atoms with Crippen molar-refractivity contribution < 1.29 is 63.9 Å². The number of esters is 1. The number of allylic oxidation sites excluding steroid dienone is 6. The van der Waals surface area contributed by atoms with Gasteiger partial charge in [-0.1, -0.05) is 54.7 Å². The molecule has 0 aromatic heterocycles. The Morgan fingerprint density at radius 2 is 1.71 bits per heavy atom. The first-order chi connectivity index (χ1) is 22.6. The lowest BCUT2D eigenvalue weighted by atomic mass is 9.83. The van der Waals surface area contributed by atoms with Gasteiger partial charge in [0.2, 0.25) is 0 Å². The van der Waals surface area contributed by atoms with Gasteiger partial charge in [0, 0.05) is 39.0 Å². The first kappa shape index (κ1) is 39.7. The molecule has 0 amide bonds. The summed E-state index contributed by atoms with van der Waals surface area (Å²) in [5.74, 6) is -5.22. The van der Waals surface area contributed by atoms with Crippen molar-refractivity contribution in [1.29, 1.82) is 0 Å². The quantitative estimate of drug-likeness (QED) is 0.0486. The third-order valence-electron chi connectivity index (χ3n) is 8.45. The van der Waals surface area contributed by atoms with Gasteiger partial charge < -0.3 is 60.1 Å². The summed E-state index contributed by atoms with van der Waals surface area (Å²) in [7, 11) is 0. The molecule has 14 atom stereocenters. The van der Waals surface area contributed by atoms with Crippen LogP contribution in [0.3, 0.4) is 0 Å². The second-order valence-electron chi connectivity index (χ2n) is 12.6. The van der Waals surface area contributed by atoms with Gasteiger partial charge in [-0.15, -0.1) is 6.58 Å². The first-order valence-corrected chi connectivity index (χ1v) is 16.2. The average molecular weight is 682 g/mol. The number of carbonyl (C=O) groups excluding carboxylic acids is 1. The third kappa shape index (κ3) is 12.0. The third-order valence-corrected chi connectivity index (χ3v) is 8.45. The van der Waals surface area contributed by atoms with Crippen LogP contribution in [0.4, 0.5) is 0 Å². The first-order valence-electron chi connectivity index (χ1n) is 16.2. The number of carboxylic acid groups (broad SMARTS) is 1. The van der Waals surface area contributed by atoms with Crippen molar-refractivity contribution in [3.05, 3.63) is 61.3 Å². The van der Waals surface area contributed by atoms with Crippen molar-refractivity contribution in [3.8, 4) is 0 Å². The molecule has 14 nitrogen and oxygen atoms in total. The molecule has 0 aromatic carbocycles. The zero-order valence-electron chi connectivity index (χ0n) is 27.6. The van der Waals surface area contributed by atoms with Gasteiger partial charge in [-0.3, -0.25) is 9.59 Å². The summed E-state index contributed by atoms with van der Waals surface area (Å²) in [5, 5.41) is 63.8. The van der Waals surface area contributed by atoms with Crippen LogP contribution in [0, 0.1) is 5.92 Å². The van der Waals surface area contributed by atoms with Gasteiger partial charge >= 0.3 is 11.9 Å². The summed E-state index contributed by atoms with van der Waals surface area (Å²) >= 11 is 0. The van der Waals surface area contributed by atoms with Crippen molar-refractivity contribution >= 4 is 11.9 Å². The van der Waals surface area contributed by atoms with Crippen molar-refractivity contribution in [2.45, 2.75) is 132 Å². The van der Waals surface area contributed by atoms with Gasteiger partial charge in [-0.05, 0) is 13.8 Å². The Bertz CT molecular complexity index is 1190. The van der Waals surface area contributed by atoms with Crippen LogP contribution in [-0.4, -0.2) is 122 Å². The van der Waals surface area contributed by atoms with Crippen LogP contribution in [0.1, 0.15) is 52.9 Å². The molecule has 3 fully saturated rings. The van der Waals surface area contributed by atoms with Gasteiger partial charge in [0.15, 0.2) is 12.1 Å². The predicted molar refractivity (Wildman–Crippen MR) is 172 cm³/mol. The molecule has 0 saturated carbocycles. The maximum Gasteiger partial charge on any atom is 0.311 e. The second kappa shape index (κ2) is 18.3. The SMILES string of the molecule is C=C[C@H]1O[C@@H]1C[C@H](O)C[C@]1(O)C[C@H](O)[C@@H](C(=O)O)[C@H](C[C@H](/C=C/C=C/C=C/C=C\C[C@@H](C)OC(C)=O)O[C@@H]2OC(C)[C@@H](N)C(O)[C@@H]2O)O1. The fourth-order valence-electron chi connectivity index (χ4n) is 5.89. The van der Waals surface area contributed by atoms with Crippen LogP contribution in [0.15, 0.2) is 61.3 Å². The number of rotatable bonds is 17. The molecule has 0 aliphatic carbocycles. The minimum absolute atomic E-state index is 0.184. The molecule has 48 heavy (non-hydrogen) atoms. The van der Waals surface area contributed by atoms with E-state index in [0.29, 0.717) is 6.42 Å². The largest absolute Gasteiger partial charge is 0.481 e. The number of carbonyl (C=O) groups is 2. The standard InChI is InChI=1S/C34H51NO13/c1-5-25-26(47-25)15-22(37)17-34(43)18-24(38)28(32(41)42)27(48-34)16-23(46-33-31(40)30(39)29(35)20(3)45-33)14-12-10-8-6-7-9-11-13-19(2)44-21(4)36/h5-12,14,19-20,22-31,33,37-40,43H,1,13,15-18,35H2,2-4H3,(H,41,42)/b7-6+,10-8+,11-9-,14-12+/t19-,20?,22+,23+,24+,25-,26-,27+,28-,29-,30?,31+,33+,34-/m1/s1. The van der Waals surface area contributed by atoms with E-state index in [2.05, 4.69) is 6.58 Å². The van der Waals surface area contributed by atoms with Crippen molar-refractivity contribution in [2.75, 3.05) is 0 Å². The van der Waals surface area contributed by atoms with E-state index in [-0.39, 0.29) is 43.5 Å². The molecule has 270 valence electrons. The monoisotopic (exact) mass is 681 g/mol. The van der Waals surface area contributed by atoms with Gasteiger partial charge in [0.25, 0.3) is 0 Å². The smallest absolute Gasteiger partial charge is 0.311 e. The predicted octanol–water partition coefficient (Wildman–Crippen LogP) is 0.756. The van der Waals surface area contributed by atoms with Gasteiger partial charge in [0.1, 0.15) is 30.3 Å². The lowest BCUT2D eigenvalue weighted by molar-refractivity contribution is -0.308. The molecule has 3 aliphatic rings. The number of hydrogen-bond donors (Lipinski definition) is 7. The highest BCUT2D eigenvalue weighted by atomic mass is 16.7. The lowest BCUT2D eigenvalue weighted by Crippen LogP contribution is -2.61. The van der Waals surface area contributed by atoms with Crippen LogP contribution >= 0.6 is 0 Å².